The van der Waals surface area contributed by atoms with E-state index < -0.39 is 0 Å². The van der Waals surface area contributed by atoms with Crippen LogP contribution in [0, 0.1) is 17.8 Å². The van der Waals surface area contributed by atoms with Gasteiger partial charge >= 0.3 is 0 Å². The van der Waals surface area contributed by atoms with Crippen LogP contribution in [0.15, 0.2) is 24.3 Å². The van der Waals surface area contributed by atoms with Gasteiger partial charge in [0, 0.05) is 42.3 Å². The van der Waals surface area contributed by atoms with Gasteiger partial charge in [0.15, 0.2) is 0 Å². The Kier molecular flexibility index (Phi) is 6.97. The number of piperidine rings is 1. The molecule has 0 atom stereocenters. The normalized spacial score (nSPS) is 23.5. The average Bonchev–Trinajstić information content (AvgIpc) is 2.69. The van der Waals surface area contributed by atoms with Crippen LogP contribution in [0.25, 0.3) is 0 Å². The van der Waals surface area contributed by atoms with E-state index in [-0.39, 0.29) is 29.7 Å². The van der Waals surface area contributed by atoms with E-state index in [0.29, 0.717) is 0 Å². The highest BCUT2D eigenvalue weighted by molar-refractivity contribution is 5.93. The minimum atomic E-state index is 0.00589. The summed E-state index contributed by atoms with van der Waals surface area (Å²) in [6, 6.07) is 8.40. The predicted octanol–water partition coefficient (Wildman–Crippen LogP) is 4.19. The maximum atomic E-state index is 12.6. The fourth-order valence-corrected chi connectivity index (χ4v) is 4.29. The summed E-state index contributed by atoms with van der Waals surface area (Å²) in [6.07, 6.45) is 5.65. The van der Waals surface area contributed by atoms with E-state index in [0.717, 1.165) is 50.4 Å². The first-order valence-corrected chi connectivity index (χ1v) is 10.9. The molecule has 2 aliphatic rings. The Morgan fingerprint density at radius 1 is 0.893 bits per heavy atom. The zero-order chi connectivity index (χ0) is 20.1. The lowest BCUT2D eigenvalue weighted by Crippen LogP contribution is -2.38. The van der Waals surface area contributed by atoms with Crippen molar-refractivity contribution in [3.63, 3.8) is 0 Å². The van der Waals surface area contributed by atoms with Crippen LogP contribution in [0.5, 0.6) is 0 Å². The van der Waals surface area contributed by atoms with Gasteiger partial charge in [-0.15, -0.1) is 0 Å². The van der Waals surface area contributed by atoms with E-state index in [1.165, 1.54) is 18.5 Å². The van der Waals surface area contributed by atoms with Gasteiger partial charge in [-0.1, -0.05) is 6.92 Å². The molecule has 2 N–H and O–H groups in total. The third kappa shape index (κ3) is 5.49. The van der Waals surface area contributed by atoms with Gasteiger partial charge in [0.2, 0.25) is 11.8 Å². The van der Waals surface area contributed by atoms with Crippen molar-refractivity contribution < 1.29 is 9.59 Å². The minimum absolute atomic E-state index is 0.00589. The highest BCUT2D eigenvalue weighted by Crippen LogP contribution is 2.30. The number of nitrogens with zero attached hydrogens (tertiary/aromatic N) is 1. The third-order valence-electron chi connectivity index (χ3n) is 6.18. The zero-order valence-corrected chi connectivity index (χ0v) is 17.5. The number of carbonyl (C=O) groups is 2. The van der Waals surface area contributed by atoms with E-state index in [2.05, 4.69) is 34.6 Å². The van der Waals surface area contributed by atoms with Gasteiger partial charge in [-0.2, -0.15) is 0 Å². The van der Waals surface area contributed by atoms with Gasteiger partial charge in [-0.3, -0.25) is 9.59 Å². The summed E-state index contributed by atoms with van der Waals surface area (Å²) in [6.45, 7) is 8.50. The Balaban J connectivity index is 1.47. The number of hydrogen-bond acceptors (Lipinski definition) is 3. The Hall–Kier alpha value is -2.04. The van der Waals surface area contributed by atoms with Crippen LogP contribution in [0.2, 0.25) is 0 Å². The highest BCUT2D eigenvalue weighted by atomic mass is 16.2. The first kappa shape index (κ1) is 20.7. The van der Waals surface area contributed by atoms with Crippen molar-refractivity contribution >= 4 is 23.2 Å². The number of rotatable bonds is 5. The maximum Gasteiger partial charge on any atom is 0.227 e. The molecule has 0 bridgehead atoms. The van der Waals surface area contributed by atoms with Crippen molar-refractivity contribution in [3.05, 3.63) is 24.3 Å². The summed E-state index contributed by atoms with van der Waals surface area (Å²) in [7, 11) is 0. The monoisotopic (exact) mass is 385 g/mol. The number of carbonyl (C=O) groups excluding carboxylic acids is 2. The number of nitrogens with one attached hydrogen (secondary N) is 2. The largest absolute Gasteiger partial charge is 0.372 e. The standard InChI is InChI=1S/C23H35N3O2/c1-16(2)24-22(27)18-4-6-19(7-5-18)23(28)25-20-8-10-21(11-9-20)26-14-12-17(3)13-15-26/h8-11,16-19H,4-7,12-15H2,1-3H3,(H,24,27)(H,25,28). The SMILES string of the molecule is CC1CCN(c2ccc(NC(=O)C3CCC(C(=O)NC(C)C)CC3)cc2)CC1. The fraction of sp³-hybridized carbons (Fsp3) is 0.652. The molecule has 1 heterocycles. The summed E-state index contributed by atoms with van der Waals surface area (Å²) < 4.78 is 0. The molecular formula is C23H35N3O2. The molecular weight excluding hydrogens is 350 g/mol. The second-order valence-electron chi connectivity index (χ2n) is 8.92. The lowest BCUT2D eigenvalue weighted by atomic mass is 9.81. The molecule has 0 unspecified atom stereocenters. The van der Waals surface area contributed by atoms with Crippen LogP contribution in [0.1, 0.15) is 59.3 Å². The van der Waals surface area contributed by atoms with Gasteiger partial charge in [0.25, 0.3) is 0 Å². The van der Waals surface area contributed by atoms with Crippen LogP contribution >= 0.6 is 0 Å². The van der Waals surface area contributed by atoms with Crippen molar-refractivity contribution in [3.8, 4) is 0 Å². The van der Waals surface area contributed by atoms with Crippen molar-refractivity contribution in [1.82, 2.24) is 5.32 Å². The van der Waals surface area contributed by atoms with E-state index in [4.69, 9.17) is 0 Å². The zero-order valence-electron chi connectivity index (χ0n) is 17.5. The first-order chi connectivity index (χ1) is 13.4. The highest BCUT2D eigenvalue weighted by Gasteiger charge is 2.30. The second-order valence-corrected chi connectivity index (χ2v) is 8.92. The third-order valence-corrected chi connectivity index (χ3v) is 6.18. The lowest BCUT2D eigenvalue weighted by molar-refractivity contribution is -0.128. The Morgan fingerprint density at radius 3 is 1.96 bits per heavy atom. The molecule has 154 valence electrons. The molecule has 1 aromatic carbocycles. The van der Waals surface area contributed by atoms with E-state index >= 15 is 0 Å². The van der Waals surface area contributed by atoms with Gasteiger partial charge in [-0.05, 0) is 82.6 Å². The minimum Gasteiger partial charge on any atom is -0.372 e. The molecule has 2 fully saturated rings. The number of benzene rings is 1. The van der Waals surface area contributed by atoms with Crippen LogP contribution in [-0.4, -0.2) is 30.9 Å². The molecule has 3 rings (SSSR count). The molecule has 1 saturated carbocycles. The quantitative estimate of drug-likeness (QED) is 0.799. The van der Waals surface area contributed by atoms with Crippen LogP contribution in [0.3, 0.4) is 0 Å². The number of hydrogen-bond donors (Lipinski definition) is 2. The molecule has 1 aliphatic heterocycles. The van der Waals surface area contributed by atoms with Crippen LogP contribution in [0.4, 0.5) is 11.4 Å². The summed E-state index contributed by atoms with van der Waals surface area (Å²) in [4.78, 5) is 27.2. The number of amides is 2. The molecule has 1 aliphatic carbocycles. The predicted molar refractivity (Wildman–Crippen MR) is 114 cm³/mol. The maximum absolute atomic E-state index is 12.6. The molecule has 5 heteroatoms. The topological polar surface area (TPSA) is 61.4 Å². The molecule has 2 amide bonds. The van der Waals surface area contributed by atoms with Gasteiger partial charge < -0.3 is 15.5 Å². The summed E-state index contributed by atoms with van der Waals surface area (Å²) in [5.74, 6) is 1.10. The average molecular weight is 386 g/mol. The van der Waals surface area contributed by atoms with E-state index in [1.807, 2.05) is 26.0 Å². The summed E-state index contributed by atoms with van der Waals surface area (Å²) in [5, 5.41) is 6.05. The Labute approximate surface area is 169 Å². The van der Waals surface area contributed by atoms with Crippen LogP contribution in [-0.2, 0) is 9.59 Å². The molecule has 28 heavy (non-hydrogen) atoms. The van der Waals surface area contributed by atoms with Crippen LogP contribution < -0.4 is 15.5 Å². The second kappa shape index (κ2) is 9.44. The molecule has 0 aromatic heterocycles. The van der Waals surface area contributed by atoms with Crippen molar-refractivity contribution in [2.75, 3.05) is 23.3 Å². The van der Waals surface area contributed by atoms with Gasteiger partial charge in [-0.25, -0.2) is 0 Å². The molecule has 1 aromatic rings. The fourth-order valence-electron chi connectivity index (χ4n) is 4.29. The molecule has 0 radical (unpaired) electrons. The van der Waals surface area contributed by atoms with Crippen molar-refractivity contribution in [2.45, 2.75) is 65.3 Å². The van der Waals surface area contributed by atoms with Crippen molar-refractivity contribution in [1.29, 1.82) is 0 Å². The summed E-state index contributed by atoms with van der Waals surface area (Å²) >= 11 is 0. The molecule has 0 spiro atoms. The summed E-state index contributed by atoms with van der Waals surface area (Å²) in [5.41, 5.74) is 2.10. The Morgan fingerprint density at radius 2 is 1.43 bits per heavy atom. The van der Waals surface area contributed by atoms with Crippen molar-refractivity contribution in [2.24, 2.45) is 17.8 Å². The lowest BCUT2D eigenvalue weighted by Gasteiger charge is -2.32. The van der Waals surface area contributed by atoms with E-state index in [1.54, 1.807) is 0 Å². The van der Waals surface area contributed by atoms with Gasteiger partial charge in [0.05, 0.1) is 0 Å². The number of anilines is 2. The van der Waals surface area contributed by atoms with E-state index in [9.17, 15) is 9.59 Å². The molecule has 5 nitrogen and oxygen atoms in total. The van der Waals surface area contributed by atoms with Gasteiger partial charge in [0.1, 0.15) is 0 Å². The Bertz CT molecular complexity index is 655. The first-order valence-electron chi connectivity index (χ1n) is 10.9. The molecule has 1 saturated heterocycles. The smallest absolute Gasteiger partial charge is 0.227 e.